The Labute approximate surface area is 171 Å². The van der Waals surface area contributed by atoms with Gasteiger partial charge >= 0.3 is 6.36 Å². The van der Waals surface area contributed by atoms with Crippen molar-refractivity contribution in [3.63, 3.8) is 0 Å². The monoisotopic (exact) mass is 418 g/mol. The molecule has 0 amide bonds. The average molecular weight is 418 g/mol. The minimum absolute atomic E-state index is 0.290. The highest BCUT2D eigenvalue weighted by Crippen LogP contribution is 2.29. The van der Waals surface area contributed by atoms with Crippen molar-refractivity contribution in [2.24, 2.45) is 0 Å². The minimum Gasteiger partial charge on any atom is -0.467 e. The van der Waals surface area contributed by atoms with Gasteiger partial charge in [0, 0.05) is 17.7 Å². The van der Waals surface area contributed by atoms with Gasteiger partial charge in [0.1, 0.15) is 17.3 Å². The molecule has 0 atom stereocenters. The first-order chi connectivity index (χ1) is 14.4. The summed E-state index contributed by atoms with van der Waals surface area (Å²) in [6.07, 6.45) is 1.21. The number of ether oxygens (including phenoxy) is 1. The van der Waals surface area contributed by atoms with Crippen LogP contribution in [0.4, 0.5) is 24.9 Å². The molecule has 9 heteroatoms. The van der Waals surface area contributed by atoms with Gasteiger partial charge in [-0.2, -0.15) is 4.98 Å². The van der Waals surface area contributed by atoms with Crippen LogP contribution in [-0.4, -0.2) is 22.4 Å². The molecule has 0 unspecified atom stereocenters. The zero-order valence-corrected chi connectivity index (χ0v) is 16.1. The molecule has 1 saturated carbocycles. The fourth-order valence-electron chi connectivity index (χ4n) is 3.45. The quantitative estimate of drug-likeness (QED) is 0.520. The van der Waals surface area contributed by atoms with Gasteiger partial charge in [0.05, 0.1) is 18.5 Å². The van der Waals surface area contributed by atoms with Crippen LogP contribution in [0.15, 0.2) is 53.1 Å². The lowest BCUT2D eigenvalue weighted by molar-refractivity contribution is -0.274. The Balaban J connectivity index is 1.61. The number of hydrogen-bond acceptors (Lipinski definition) is 6. The molecule has 0 bridgehead atoms. The Hall–Kier alpha value is -3.23. The maximum absolute atomic E-state index is 12.6. The molecule has 1 aromatic carbocycles. The van der Waals surface area contributed by atoms with Crippen LogP contribution in [0.5, 0.6) is 5.75 Å². The van der Waals surface area contributed by atoms with E-state index in [9.17, 15) is 13.2 Å². The van der Waals surface area contributed by atoms with Crippen LogP contribution in [-0.2, 0) is 6.54 Å². The van der Waals surface area contributed by atoms with E-state index < -0.39 is 6.36 Å². The summed E-state index contributed by atoms with van der Waals surface area (Å²) in [6, 6.07) is 11.4. The molecule has 158 valence electrons. The summed E-state index contributed by atoms with van der Waals surface area (Å²) >= 11 is 0. The van der Waals surface area contributed by atoms with E-state index in [1.54, 1.807) is 24.5 Å². The number of benzene rings is 1. The number of alkyl halides is 3. The molecule has 2 heterocycles. The van der Waals surface area contributed by atoms with Crippen LogP contribution < -0.4 is 15.4 Å². The summed E-state index contributed by atoms with van der Waals surface area (Å²) in [7, 11) is 0. The standard InChI is InChI=1S/C21H21F3N4O2/c22-21(23,24)30-16-8-3-5-14(11-16)18-12-19(25-13-17-9-4-10-29-17)28-20(27-18)26-15-6-1-2-7-15/h3-5,8-12,15H,1-2,6-7,13H2,(H2,25,26,27,28). The molecule has 6 nitrogen and oxygen atoms in total. The van der Waals surface area contributed by atoms with Crippen molar-refractivity contribution >= 4 is 11.8 Å². The second-order valence-electron chi connectivity index (χ2n) is 7.10. The van der Waals surface area contributed by atoms with Crippen molar-refractivity contribution < 1.29 is 22.3 Å². The SMILES string of the molecule is FC(F)(F)Oc1cccc(-c2cc(NCc3ccco3)nc(NC3CCCC3)n2)c1. The molecule has 2 N–H and O–H groups in total. The Morgan fingerprint density at radius 2 is 1.90 bits per heavy atom. The number of nitrogens with zero attached hydrogens (tertiary/aromatic N) is 2. The zero-order valence-electron chi connectivity index (χ0n) is 16.1. The number of aromatic nitrogens is 2. The van der Waals surface area contributed by atoms with Crippen molar-refractivity contribution in [3.05, 3.63) is 54.5 Å². The molecule has 0 saturated heterocycles. The third kappa shape index (κ3) is 5.43. The molecular weight excluding hydrogens is 397 g/mol. The van der Waals surface area contributed by atoms with Crippen LogP contribution in [0, 0.1) is 0 Å². The molecule has 1 aliphatic rings. The maximum atomic E-state index is 12.6. The van der Waals surface area contributed by atoms with Gasteiger partial charge in [-0.15, -0.1) is 13.2 Å². The number of nitrogens with one attached hydrogen (secondary N) is 2. The second kappa shape index (κ2) is 8.64. The van der Waals surface area contributed by atoms with E-state index in [1.165, 1.54) is 18.2 Å². The molecule has 0 spiro atoms. The highest BCUT2D eigenvalue weighted by Gasteiger charge is 2.31. The van der Waals surface area contributed by atoms with Gasteiger partial charge in [0.15, 0.2) is 0 Å². The largest absolute Gasteiger partial charge is 0.573 e. The summed E-state index contributed by atoms with van der Waals surface area (Å²) in [5.74, 6) is 1.41. The van der Waals surface area contributed by atoms with Crippen LogP contribution >= 0.6 is 0 Å². The Kier molecular flexibility index (Phi) is 5.78. The third-order valence-corrected chi connectivity index (χ3v) is 4.80. The molecular formula is C21H21F3N4O2. The first kappa shape index (κ1) is 20.1. The highest BCUT2D eigenvalue weighted by atomic mass is 19.4. The number of furan rings is 1. The summed E-state index contributed by atoms with van der Waals surface area (Å²) in [6.45, 7) is 0.420. The fourth-order valence-corrected chi connectivity index (χ4v) is 3.45. The second-order valence-corrected chi connectivity index (χ2v) is 7.10. The Bertz CT molecular complexity index is 971. The van der Waals surface area contributed by atoms with E-state index in [0.29, 0.717) is 29.6 Å². The van der Waals surface area contributed by atoms with Crippen molar-refractivity contribution in [3.8, 4) is 17.0 Å². The topological polar surface area (TPSA) is 72.2 Å². The van der Waals surface area contributed by atoms with Crippen molar-refractivity contribution in [1.82, 2.24) is 9.97 Å². The molecule has 4 rings (SSSR count). The third-order valence-electron chi connectivity index (χ3n) is 4.80. The van der Waals surface area contributed by atoms with Crippen molar-refractivity contribution in [2.45, 2.75) is 44.6 Å². The summed E-state index contributed by atoms with van der Waals surface area (Å²) in [5.41, 5.74) is 0.981. The van der Waals surface area contributed by atoms with Gasteiger partial charge in [-0.1, -0.05) is 25.0 Å². The first-order valence-corrected chi connectivity index (χ1v) is 9.73. The lowest BCUT2D eigenvalue weighted by Crippen LogP contribution is -2.18. The average Bonchev–Trinajstić information content (AvgIpc) is 3.39. The van der Waals surface area contributed by atoms with Crippen LogP contribution in [0.25, 0.3) is 11.3 Å². The molecule has 1 aliphatic carbocycles. The summed E-state index contributed by atoms with van der Waals surface area (Å²) < 4.78 is 47.1. The van der Waals surface area contributed by atoms with Gasteiger partial charge in [-0.05, 0) is 37.1 Å². The fraction of sp³-hybridized carbons (Fsp3) is 0.333. The highest BCUT2D eigenvalue weighted by molar-refractivity contribution is 5.66. The molecule has 3 aromatic rings. The predicted octanol–water partition coefficient (Wildman–Crippen LogP) is 5.60. The van der Waals surface area contributed by atoms with Gasteiger partial charge < -0.3 is 19.8 Å². The molecule has 0 aliphatic heterocycles. The number of rotatable bonds is 7. The van der Waals surface area contributed by atoms with Crippen LogP contribution in [0.3, 0.4) is 0 Å². The Morgan fingerprint density at radius 3 is 2.63 bits per heavy atom. The Morgan fingerprint density at radius 1 is 1.07 bits per heavy atom. The predicted molar refractivity (Wildman–Crippen MR) is 106 cm³/mol. The number of hydrogen-bond donors (Lipinski definition) is 2. The first-order valence-electron chi connectivity index (χ1n) is 9.73. The number of anilines is 2. The molecule has 0 radical (unpaired) electrons. The van der Waals surface area contributed by atoms with Crippen LogP contribution in [0.2, 0.25) is 0 Å². The van der Waals surface area contributed by atoms with E-state index in [-0.39, 0.29) is 11.8 Å². The van der Waals surface area contributed by atoms with Gasteiger partial charge in [0.2, 0.25) is 5.95 Å². The van der Waals surface area contributed by atoms with Gasteiger partial charge in [-0.3, -0.25) is 0 Å². The zero-order chi connectivity index (χ0) is 21.0. The van der Waals surface area contributed by atoms with Crippen molar-refractivity contribution in [2.75, 3.05) is 10.6 Å². The summed E-state index contributed by atoms with van der Waals surface area (Å²) in [5, 5.41) is 6.52. The normalized spacial score (nSPS) is 14.6. The van der Waals surface area contributed by atoms with E-state index in [0.717, 1.165) is 31.4 Å². The molecule has 1 fully saturated rings. The van der Waals surface area contributed by atoms with E-state index in [1.807, 2.05) is 6.07 Å². The smallest absolute Gasteiger partial charge is 0.467 e. The van der Waals surface area contributed by atoms with Gasteiger partial charge in [0.25, 0.3) is 0 Å². The van der Waals surface area contributed by atoms with E-state index in [2.05, 4.69) is 25.3 Å². The van der Waals surface area contributed by atoms with E-state index >= 15 is 0 Å². The van der Waals surface area contributed by atoms with Gasteiger partial charge in [-0.25, -0.2) is 4.98 Å². The van der Waals surface area contributed by atoms with Crippen LogP contribution in [0.1, 0.15) is 31.4 Å². The lowest BCUT2D eigenvalue weighted by Gasteiger charge is -2.15. The maximum Gasteiger partial charge on any atom is 0.573 e. The van der Waals surface area contributed by atoms with E-state index in [4.69, 9.17) is 4.42 Å². The van der Waals surface area contributed by atoms with Crippen molar-refractivity contribution in [1.29, 1.82) is 0 Å². The lowest BCUT2D eigenvalue weighted by atomic mass is 10.1. The molecule has 2 aromatic heterocycles. The minimum atomic E-state index is -4.75. The number of halogens is 3. The summed E-state index contributed by atoms with van der Waals surface area (Å²) in [4.78, 5) is 9.04. The molecule has 30 heavy (non-hydrogen) atoms.